The van der Waals surface area contributed by atoms with E-state index in [-0.39, 0.29) is 75.8 Å². The smallest absolute Gasteiger partial charge is 0.391 e. The van der Waals surface area contributed by atoms with Crippen LogP contribution < -0.4 is 31.9 Å². The molecule has 7 aromatic rings. The van der Waals surface area contributed by atoms with Gasteiger partial charge in [-0.05, 0) is 91.4 Å². The van der Waals surface area contributed by atoms with E-state index in [1.807, 2.05) is 37.3 Å². The average molecular weight is 1180 g/mol. The summed E-state index contributed by atoms with van der Waals surface area (Å²) in [4.78, 5) is 90.7. The Morgan fingerprint density at radius 1 is 0.845 bits per heavy atom. The fourth-order valence-corrected chi connectivity index (χ4v) is 10.2. The first-order chi connectivity index (χ1) is 40.0. The van der Waals surface area contributed by atoms with Gasteiger partial charge in [0.25, 0.3) is 11.8 Å². The number of halogens is 3. The molecule has 6 amide bonds. The first-order valence-corrected chi connectivity index (χ1v) is 28.0. The second-order valence-electron chi connectivity index (χ2n) is 21.4. The molecule has 0 radical (unpaired) electrons. The van der Waals surface area contributed by atoms with E-state index in [0.717, 1.165) is 39.4 Å². The maximum Gasteiger partial charge on any atom is 0.416 e. The largest absolute Gasteiger partial charge is 0.416 e. The molecule has 0 aliphatic carbocycles. The van der Waals surface area contributed by atoms with Gasteiger partial charge in [-0.1, -0.05) is 57.2 Å². The lowest BCUT2D eigenvalue weighted by atomic mass is 9.85. The predicted octanol–water partition coefficient (Wildman–Crippen LogP) is 6.84. The molecule has 1 aliphatic heterocycles. The predicted molar refractivity (Wildman–Crippen MR) is 309 cm³/mol. The van der Waals surface area contributed by atoms with Crippen LogP contribution in [0.4, 0.5) is 24.5 Å². The number of aryl methyl sites for hydroxylation is 2. The number of ether oxygens (including phenoxy) is 2. The number of H-pyrrole nitrogens is 1. The van der Waals surface area contributed by atoms with Crippen LogP contribution in [0.2, 0.25) is 0 Å². The van der Waals surface area contributed by atoms with Gasteiger partial charge < -0.3 is 55.9 Å². The summed E-state index contributed by atoms with van der Waals surface area (Å²) in [5.41, 5.74) is 5.88. The Balaban J connectivity index is 0.710. The van der Waals surface area contributed by atoms with Gasteiger partial charge in [0, 0.05) is 78.9 Å². The van der Waals surface area contributed by atoms with Crippen molar-refractivity contribution in [3.05, 3.63) is 142 Å². The number of thiazole rings is 1. The molecular weight excluding hydrogens is 1110 g/mol. The Hall–Kier alpha value is -8.52. The topological polar surface area (TPSA) is 276 Å². The molecular formula is C59H67F3N12O9S. The van der Waals surface area contributed by atoms with E-state index in [4.69, 9.17) is 9.47 Å². The molecule has 84 heavy (non-hydrogen) atoms. The number of aromatic nitrogens is 5. The Morgan fingerprint density at radius 2 is 1.61 bits per heavy atom. The molecule has 8 N–H and O–H groups in total. The Kier molecular flexibility index (Phi) is 20.0. The number of aromatic amines is 1. The number of aliphatic hydroxyl groups is 1. The number of likely N-dealkylation sites (tertiary alicyclic amines) is 1. The lowest BCUT2D eigenvalue weighted by Gasteiger charge is -2.35. The number of nitrogens with one attached hydrogen (secondary N) is 7. The monoisotopic (exact) mass is 1180 g/mol. The molecule has 21 nitrogen and oxygen atoms in total. The second-order valence-corrected chi connectivity index (χ2v) is 22.3. The second kappa shape index (κ2) is 27.3. The number of hydrogen-bond donors (Lipinski definition) is 8. The highest BCUT2D eigenvalue weighted by Gasteiger charge is 2.44. The van der Waals surface area contributed by atoms with Crippen LogP contribution in [-0.4, -0.2) is 134 Å². The van der Waals surface area contributed by atoms with Crippen LogP contribution in [0.3, 0.4) is 0 Å². The first kappa shape index (κ1) is 61.5. The fraction of sp³-hybridized carbons (Fsp3) is 0.373. The molecule has 8 rings (SSSR count). The van der Waals surface area contributed by atoms with Crippen LogP contribution in [0.1, 0.15) is 89.5 Å². The highest BCUT2D eigenvalue weighted by Crippen LogP contribution is 2.33. The number of anilines is 2. The molecule has 25 heteroatoms. The number of benzene rings is 4. The number of nitrogens with zero attached hydrogens (tertiary/aromatic N) is 5. The van der Waals surface area contributed by atoms with Crippen molar-refractivity contribution in [1.82, 2.24) is 50.9 Å². The summed E-state index contributed by atoms with van der Waals surface area (Å²) in [6.07, 6.45) is -2.71. The summed E-state index contributed by atoms with van der Waals surface area (Å²) < 4.78 is 54.2. The van der Waals surface area contributed by atoms with Crippen molar-refractivity contribution in [3.63, 3.8) is 0 Å². The summed E-state index contributed by atoms with van der Waals surface area (Å²) >= 11 is 1.55. The quantitative estimate of drug-likeness (QED) is 0.0288. The van der Waals surface area contributed by atoms with Crippen molar-refractivity contribution in [2.24, 2.45) is 5.41 Å². The highest BCUT2D eigenvalue weighted by molar-refractivity contribution is 7.13. The minimum absolute atomic E-state index is 0.0333. The molecule has 444 valence electrons. The maximum atomic E-state index is 14.0. The van der Waals surface area contributed by atoms with Gasteiger partial charge in [-0.15, -0.1) is 11.3 Å². The van der Waals surface area contributed by atoms with Crippen LogP contribution in [0.5, 0.6) is 0 Å². The van der Waals surface area contributed by atoms with Crippen LogP contribution in [0, 0.1) is 19.3 Å². The number of hydrogen-bond acceptors (Lipinski definition) is 14. The third-order valence-electron chi connectivity index (χ3n) is 13.9. The van der Waals surface area contributed by atoms with E-state index in [1.54, 1.807) is 80.9 Å². The van der Waals surface area contributed by atoms with Crippen LogP contribution >= 0.6 is 11.3 Å². The van der Waals surface area contributed by atoms with E-state index in [9.17, 15) is 47.0 Å². The Labute approximate surface area is 486 Å². The Morgan fingerprint density at radius 3 is 2.31 bits per heavy atom. The molecule has 0 unspecified atom stereocenters. The van der Waals surface area contributed by atoms with Crippen molar-refractivity contribution in [3.8, 4) is 16.1 Å². The molecule has 0 bridgehead atoms. The van der Waals surface area contributed by atoms with Gasteiger partial charge in [-0.25, -0.2) is 9.97 Å². The van der Waals surface area contributed by atoms with Crippen LogP contribution in [0.15, 0.2) is 103 Å². The van der Waals surface area contributed by atoms with E-state index in [1.165, 1.54) is 35.0 Å². The molecule has 4 heterocycles. The van der Waals surface area contributed by atoms with E-state index in [2.05, 4.69) is 52.1 Å². The number of aliphatic hydroxyl groups excluding tert-OH is 1. The number of fused-ring (bicyclic) bond motifs is 1. The first-order valence-electron chi connectivity index (χ1n) is 27.2. The molecule has 0 saturated carbocycles. The molecule has 4 atom stereocenters. The number of β-amino-alcohol motifs (C(OH)–C–C–N with tert-alkyl or cyclic N) is 1. The fourth-order valence-electron chi connectivity index (χ4n) is 9.38. The number of alkyl halides is 3. The maximum absolute atomic E-state index is 14.0. The molecule has 3 aromatic heterocycles. The molecule has 1 saturated heterocycles. The summed E-state index contributed by atoms with van der Waals surface area (Å²) in [6.45, 7) is 11.7. The molecule has 4 aromatic carbocycles. The zero-order valence-corrected chi connectivity index (χ0v) is 48.0. The van der Waals surface area contributed by atoms with Gasteiger partial charge in [-0.2, -0.15) is 18.3 Å². The van der Waals surface area contributed by atoms with E-state index < -0.39 is 76.8 Å². The molecule has 0 spiro atoms. The number of carbonyl (C=O) groups excluding carboxylic acids is 6. The summed E-state index contributed by atoms with van der Waals surface area (Å²) in [5, 5.41) is 35.2. The minimum atomic E-state index is -4.69. The van der Waals surface area contributed by atoms with Crippen LogP contribution in [-0.2, 0) is 47.9 Å². The van der Waals surface area contributed by atoms with Gasteiger partial charge >= 0.3 is 6.18 Å². The SMILES string of the molecule is Cc1ncsc1-c1ccc(CNC(=O)[C@@H]2C[C@@H](O)CN2C(=O)[C@H](NC(=O)CCOCCOCCNC(=O)[C@H](C)NC(=O)c2n[nH]c3cc(NCc4cccc(NC(=O)c5cc(-n6cncc6C)cc(C(F)(F)F)c5)c4)ccc23)C(C)(C)C)cc1. The van der Waals surface area contributed by atoms with Crippen molar-refractivity contribution in [2.75, 3.05) is 50.2 Å². The van der Waals surface area contributed by atoms with Gasteiger partial charge in [0.2, 0.25) is 23.6 Å². The Bertz CT molecular complexity index is 3490. The zero-order valence-electron chi connectivity index (χ0n) is 47.2. The number of amides is 6. The van der Waals surface area contributed by atoms with Crippen molar-refractivity contribution >= 4 is 69.1 Å². The lowest BCUT2D eigenvalue weighted by Crippen LogP contribution is -2.57. The van der Waals surface area contributed by atoms with Gasteiger partial charge in [0.1, 0.15) is 18.1 Å². The lowest BCUT2D eigenvalue weighted by molar-refractivity contribution is -0.144. The number of imidazole rings is 1. The number of rotatable bonds is 24. The standard InChI is InChI=1S/C59H67F3N12O9S/c1-34-28-63-32-74(34)44-24-40(23-41(25-44)59(60,61)62)54(78)69-43-9-7-8-38(22-43)30-65-42-14-15-46-47(26-42)71-72-50(46)56(80)68-36(3)53(77)64-17-19-83-21-20-82-18-16-49(76)70-52(58(4,5)6)57(81)73-31-45(75)27-48(73)55(79)66-29-37-10-12-39(13-11-37)51-35(2)67-33-84-51/h7-15,22-26,28,32-33,36,45,48,52,65,75H,16-21,27,29-31H2,1-6H3,(H,64,77)(H,66,79)(H,68,80)(H,69,78)(H,70,76)(H,71,72)/t36-,45+,48-,52-/m0/s1. The normalized spacial score (nSPS) is 15.1. The molecule has 1 aliphatic rings. The number of carbonyl (C=O) groups is 6. The third kappa shape index (κ3) is 16.0. The average Bonchev–Trinajstić information content (AvgIpc) is 2.60. The van der Waals surface area contributed by atoms with Crippen LogP contribution in [0.25, 0.3) is 27.0 Å². The minimum Gasteiger partial charge on any atom is -0.391 e. The summed E-state index contributed by atoms with van der Waals surface area (Å²) in [7, 11) is 0. The van der Waals surface area contributed by atoms with Gasteiger partial charge in [0.05, 0.1) is 66.0 Å². The summed E-state index contributed by atoms with van der Waals surface area (Å²) in [6, 6.07) is 20.1. The van der Waals surface area contributed by atoms with E-state index >= 15 is 0 Å². The summed E-state index contributed by atoms with van der Waals surface area (Å²) in [5.74, 6) is -3.07. The zero-order chi connectivity index (χ0) is 60.3. The highest BCUT2D eigenvalue weighted by atomic mass is 32.1. The van der Waals surface area contributed by atoms with Crippen molar-refractivity contribution in [2.45, 2.75) is 97.9 Å². The third-order valence-corrected chi connectivity index (χ3v) is 14.9. The van der Waals surface area contributed by atoms with Gasteiger partial charge in [0.15, 0.2) is 5.69 Å². The van der Waals surface area contributed by atoms with Crippen molar-refractivity contribution in [1.29, 1.82) is 0 Å². The van der Waals surface area contributed by atoms with E-state index in [0.29, 0.717) is 34.5 Å². The van der Waals surface area contributed by atoms with Gasteiger partial charge in [-0.3, -0.25) is 33.9 Å². The van der Waals surface area contributed by atoms with Crippen molar-refractivity contribution < 1.29 is 56.5 Å². The molecule has 1 fully saturated rings.